The fourth-order valence-corrected chi connectivity index (χ4v) is 3.00. The Morgan fingerprint density at radius 2 is 2.36 bits per heavy atom. The summed E-state index contributed by atoms with van der Waals surface area (Å²) in [6.07, 6.45) is 4.38. The predicted molar refractivity (Wildman–Crippen MR) is 91.6 cm³/mol. The van der Waals surface area contributed by atoms with Crippen LogP contribution in [0.3, 0.4) is 0 Å². The molecule has 0 aliphatic carbocycles. The van der Waals surface area contributed by atoms with E-state index in [1.165, 1.54) is 12.1 Å². The zero-order valence-corrected chi connectivity index (χ0v) is 14.5. The number of aromatic nitrogens is 2. The fraction of sp³-hybridized carbons (Fsp3) is 0.444. The van der Waals surface area contributed by atoms with Crippen molar-refractivity contribution in [3.63, 3.8) is 0 Å². The number of hydrogen-bond donors (Lipinski definition) is 1. The molecule has 134 valence electrons. The highest BCUT2D eigenvalue weighted by molar-refractivity contribution is 5.75. The molecule has 1 aliphatic rings. The maximum atomic E-state index is 13.7. The minimum absolute atomic E-state index is 0.0558. The van der Waals surface area contributed by atoms with Crippen LogP contribution in [0.1, 0.15) is 30.8 Å². The molecule has 2 aromatic rings. The molecule has 0 unspecified atom stereocenters. The van der Waals surface area contributed by atoms with Crippen LogP contribution in [0.15, 0.2) is 36.7 Å². The fourth-order valence-electron chi connectivity index (χ4n) is 3.00. The lowest BCUT2D eigenvalue weighted by atomic mass is 10.1. The molecule has 2 atom stereocenters. The van der Waals surface area contributed by atoms with Gasteiger partial charge < -0.3 is 19.5 Å². The molecule has 2 amide bonds. The predicted octanol–water partition coefficient (Wildman–Crippen LogP) is 2.47. The maximum absolute atomic E-state index is 13.7. The highest BCUT2D eigenvalue weighted by atomic mass is 19.1. The number of imidazole rings is 1. The Morgan fingerprint density at radius 3 is 3.04 bits per heavy atom. The van der Waals surface area contributed by atoms with Crippen molar-refractivity contribution in [3.05, 3.63) is 53.9 Å². The summed E-state index contributed by atoms with van der Waals surface area (Å²) in [6.45, 7) is 3.66. The average molecular weight is 346 g/mol. The monoisotopic (exact) mass is 346 g/mol. The SMILES string of the molecule is CC[C@@H]1CN(C(=O)N[C@@H](c2cccc(F)c2)c2nccn2C)CCO1. The van der Waals surface area contributed by atoms with Crippen LogP contribution in [0.5, 0.6) is 0 Å². The molecule has 6 nitrogen and oxygen atoms in total. The number of morpholine rings is 1. The van der Waals surface area contributed by atoms with Gasteiger partial charge in [-0.1, -0.05) is 19.1 Å². The summed E-state index contributed by atoms with van der Waals surface area (Å²) in [4.78, 5) is 18.8. The normalized spacial score (nSPS) is 18.8. The van der Waals surface area contributed by atoms with E-state index in [1.54, 1.807) is 29.4 Å². The first-order valence-corrected chi connectivity index (χ1v) is 8.48. The highest BCUT2D eigenvalue weighted by Gasteiger charge is 2.27. The minimum atomic E-state index is -0.522. The molecule has 1 fully saturated rings. The van der Waals surface area contributed by atoms with Gasteiger partial charge in [0, 0.05) is 32.5 Å². The summed E-state index contributed by atoms with van der Waals surface area (Å²) in [7, 11) is 1.85. The van der Waals surface area contributed by atoms with Gasteiger partial charge in [0.25, 0.3) is 0 Å². The van der Waals surface area contributed by atoms with E-state index in [-0.39, 0.29) is 18.0 Å². The number of carbonyl (C=O) groups is 1. The summed E-state index contributed by atoms with van der Waals surface area (Å²) < 4.78 is 21.1. The first kappa shape index (κ1) is 17.4. The van der Waals surface area contributed by atoms with Crippen LogP contribution < -0.4 is 5.32 Å². The number of hydrogen-bond acceptors (Lipinski definition) is 3. The number of rotatable bonds is 4. The Labute approximate surface area is 146 Å². The number of benzene rings is 1. The average Bonchev–Trinajstić information content (AvgIpc) is 3.05. The maximum Gasteiger partial charge on any atom is 0.318 e. The summed E-state index contributed by atoms with van der Waals surface area (Å²) in [5.41, 5.74) is 0.656. The van der Waals surface area contributed by atoms with Crippen LogP contribution in [0.2, 0.25) is 0 Å². The number of halogens is 1. The van der Waals surface area contributed by atoms with Crippen LogP contribution in [0.4, 0.5) is 9.18 Å². The van der Waals surface area contributed by atoms with E-state index in [4.69, 9.17) is 4.74 Å². The first-order chi connectivity index (χ1) is 12.1. The molecule has 7 heteroatoms. The van der Waals surface area contributed by atoms with Gasteiger partial charge in [-0.25, -0.2) is 14.2 Å². The van der Waals surface area contributed by atoms with Gasteiger partial charge in [0.2, 0.25) is 0 Å². The number of nitrogens with zero attached hydrogens (tertiary/aromatic N) is 3. The van der Waals surface area contributed by atoms with Gasteiger partial charge in [0.05, 0.1) is 12.7 Å². The lowest BCUT2D eigenvalue weighted by Gasteiger charge is -2.33. The number of nitrogens with one attached hydrogen (secondary N) is 1. The van der Waals surface area contributed by atoms with Crippen LogP contribution in [0, 0.1) is 5.82 Å². The smallest absolute Gasteiger partial charge is 0.318 e. The quantitative estimate of drug-likeness (QED) is 0.925. The third-order valence-corrected chi connectivity index (χ3v) is 4.45. The number of urea groups is 1. The van der Waals surface area contributed by atoms with E-state index in [0.717, 1.165) is 6.42 Å². The summed E-state index contributed by atoms with van der Waals surface area (Å²) in [5.74, 6) is 0.308. The van der Waals surface area contributed by atoms with Gasteiger partial charge in [0.15, 0.2) is 0 Å². The van der Waals surface area contributed by atoms with Gasteiger partial charge in [-0.15, -0.1) is 0 Å². The zero-order chi connectivity index (χ0) is 17.8. The molecule has 3 rings (SSSR count). The van der Waals surface area contributed by atoms with Gasteiger partial charge in [-0.05, 0) is 24.1 Å². The lowest BCUT2D eigenvalue weighted by Crippen LogP contribution is -2.50. The second-order valence-electron chi connectivity index (χ2n) is 6.18. The Kier molecular flexibility index (Phi) is 5.33. The van der Waals surface area contributed by atoms with E-state index in [1.807, 2.05) is 18.5 Å². The van der Waals surface area contributed by atoms with E-state index in [0.29, 0.717) is 31.1 Å². The molecule has 0 radical (unpaired) electrons. The highest BCUT2D eigenvalue weighted by Crippen LogP contribution is 2.22. The summed E-state index contributed by atoms with van der Waals surface area (Å²) in [5, 5.41) is 3.00. The number of aryl methyl sites for hydroxylation is 1. The largest absolute Gasteiger partial charge is 0.375 e. The molecule has 0 spiro atoms. The summed E-state index contributed by atoms with van der Waals surface area (Å²) in [6, 6.07) is 5.51. The molecule has 1 aromatic carbocycles. The zero-order valence-electron chi connectivity index (χ0n) is 14.5. The third-order valence-electron chi connectivity index (χ3n) is 4.45. The molecule has 0 saturated carbocycles. The Bertz CT molecular complexity index is 733. The van der Waals surface area contributed by atoms with Crippen molar-refractivity contribution >= 4 is 6.03 Å². The molecule has 1 aromatic heterocycles. The second kappa shape index (κ2) is 7.65. The third kappa shape index (κ3) is 3.99. The first-order valence-electron chi connectivity index (χ1n) is 8.48. The molecule has 25 heavy (non-hydrogen) atoms. The van der Waals surface area contributed by atoms with Crippen LogP contribution >= 0.6 is 0 Å². The standard InChI is InChI=1S/C18H23FN4O2/c1-3-15-12-23(9-10-25-15)18(24)21-16(17-20-7-8-22(17)2)13-5-4-6-14(19)11-13/h4-8,11,15-16H,3,9-10,12H2,1-2H3,(H,21,24)/t15-,16+/m1/s1. The Balaban J connectivity index is 1.83. The molecule has 0 bridgehead atoms. The number of ether oxygens (including phenoxy) is 1. The molecule has 1 N–H and O–H groups in total. The van der Waals surface area contributed by atoms with Crippen LogP contribution in [-0.2, 0) is 11.8 Å². The number of carbonyl (C=O) groups excluding carboxylic acids is 1. The van der Waals surface area contributed by atoms with E-state index in [9.17, 15) is 9.18 Å². The van der Waals surface area contributed by atoms with Crippen molar-refractivity contribution in [3.8, 4) is 0 Å². The van der Waals surface area contributed by atoms with Crippen molar-refractivity contribution in [2.45, 2.75) is 25.5 Å². The minimum Gasteiger partial charge on any atom is -0.375 e. The van der Waals surface area contributed by atoms with Crippen LogP contribution in [0.25, 0.3) is 0 Å². The van der Waals surface area contributed by atoms with E-state index < -0.39 is 6.04 Å². The molecular weight excluding hydrogens is 323 g/mol. The lowest BCUT2D eigenvalue weighted by molar-refractivity contribution is -0.0156. The molecule has 2 heterocycles. The second-order valence-corrected chi connectivity index (χ2v) is 6.18. The van der Waals surface area contributed by atoms with Crippen molar-refractivity contribution in [2.75, 3.05) is 19.7 Å². The van der Waals surface area contributed by atoms with Crippen molar-refractivity contribution in [2.24, 2.45) is 7.05 Å². The molecule has 1 saturated heterocycles. The molecule has 1 aliphatic heterocycles. The Morgan fingerprint density at radius 1 is 1.52 bits per heavy atom. The van der Waals surface area contributed by atoms with Gasteiger partial charge >= 0.3 is 6.03 Å². The van der Waals surface area contributed by atoms with Crippen molar-refractivity contribution < 1.29 is 13.9 Å². The van der Waals surface area contributed by atoms with Crippen molar-refractivity contribution in [1.29, 1.82) is 0 Å². The summed E-state index contributed by atoms with van der Waals surface area (Å²) >= 11 is 0. The molecular formula is C18H23FN4O2. The van der Waals surface area contributed by atoms with Gasteiger partial charge in [-0.2, -0.15) is 0 Å². The Hall–Kier alpha value is -2.41. The van der Waals surface area contributed by atoms with E-state index in [2.05, 4.69) is 10.3 Å². The van der Waals surface area contributed by atoms with Crippen molar-refractivity contribution in [1.82, 2.24) is 19.8 Å². The van der Waals surface area contributed by atoms with Gasteiger partial charge in [-0.3, -0.25) is 0 Å². The van der Waals surface area contributed by atoms with Crippen LogP contribution in [-0.4, -0.2) is 46.3 Å². The topological polar surface area (TPSA) is 59.4 Å². The van der Waals surface area contributed by atoms with Gasteiger partial charge in [0.1, 0.15) is 17.7 Å². The van der Waals surface area contributed by atoms with E-state index >= 15 is 0 Å². The number of amides is 2.